The quantitative estimate of drug-likeness (QED) is 0.603. The highest BCUT2D eigenvalue weighted by atomic mass is 32.2. The third-order valence-electron chi connectivity index (χ3n) is 1.47. The molecule has 1 saturated heterocycles. The van der Waals surface area contributed by atoms with E-state index in [0.717, 1.165) is 19.3 Å². The van der Waals surface area contributed by atoms with E-state index in [9.17, 15) is 4.79 Å². The number of carbonyl (C=O) groups is 1. The van der Waals surface area contributed by atoms with Gasteiger partial charge in [-0.3, -0.25) is 4.79 Å². The molecule has 1 atom stereocenters. The minimum absolute atomic E-state index is 0.192. The number of hydrogen-bond donors (Lipinski definition) is 2. The molecule has 1 unspecified atom stereocenters. The van der Waals surface area contributed by atoms with Crippen molar-refractivity contribution in [2.45, 2.75) is 18.1 Å². The van der Waals surface area contributed by atoms with Gasteiger partial charge in [0.1, 0.15) is 0 Å². The molecule has 1 aliphatic heterocycles. The lowest BCUT2D eigenvalue weighted by Crippen LogP contribution is -2.27. The smallest absolute Gasteiger partial charge is 0.232 e. The van der Waals surface area contributed by atoms with Crippen molar-refractivity contribution in [3.05, 3.63) is 0 Å². The number of carbonyl (C=O) groups excluding carboxylic acids is 1. The molecule has 0 aromatic carbocycles. The van der Waals surface area contributed by atoms with Crippen LogP contribution in [0, 0.1) is 0 Å². The summed E-state index contributed by atoms with van der Waals surface area (Å²) in [5.41, 5.74) is 0. The van der Waals surface area contributed by atoms with Crippen molar-refractivity contribution >= 4 is 17.7 Å². The number of thioether (sulfide) groups is 1. The summed E-state index contributed by atoms with van der Waals surface area (Å²) in [6.45, 7) is 0. The molecule has 66 valence electrons. The Labute approximate surface area is 71.6 Å². The summed E-state index contributed by atoms with van der Waals surface area (Å²) >= 11 is 1.76. The van der Waals surface area contributed by atoms with E-state index in [0.29, 0.717) is 0 Å². The summed E-state index contributed by atoms with van der Waals surface area (Å²) < 4.78 is 0. The Balaban J connectivity index is 0.000000461. The molecule has 1 rings (SSSR count). The van der Waals surface area contributed by atoms with Crippen LogP contribution >= 0.6 is 11.8 Å². The molecule has 1 amide bonds. The van der Waals surface area contributed by atoms with Gasteiger partial charge in [0, 0.05) is 14.2 Å². The summed E-state index contributed by atoms with van der Waals surface area (Å²) in [6.07, 6.45) is 2.26. The summed E-state index contributed by atoms with van der Waals surface area (Å²) in [7, 11) is 2.70. The maximum absolute atomic E-state index is 10.9. The van der Waals surface area contributed by atoms with E-state index in [4.69, 9.17) is 5.11 Å². The number of rotatable bonds is 1. The molecule has 11 heavy (non-hydrogen) atoms. The van der Waals surface area contributed by atoms with E-state index in [2.05, 4.69) is 5.32 Å². The van der Waals surface area contributed by atoms with Crippen molar-refractivity contribution in [3.8, 4) is 0 Å². The van der Waals surface area contributed by atoms with Crippen LogP contribution in [-0.2, 0) is 4.79 Å². The van der Waals surface area contributed by atoms with Crippen LogP contribution in [0.4, 0.5) is 0 Å². The van der Waals surface area contributed by atoms with Gasteiger partial charge in [-0.2, -0.15) is 0 Å². The summed E-state index contributed by atoms with van der Waals surface area (Å²) in [6, 6.07) is 0. The first-order chi connectivity index (χ1) is 5.34. The van der Waals surface area contributed by atoms with Crippen molar-refractivity contribution in [2.24, 2.45) is 0 Å². The first-order valence-electron chi connectivity index (χ1n) is 3.62. The Morgan fingerprint density at radius 2 is 2.27 bits per heavy atom. The predicted molar refractivity (Wildman–Crippen MR) is 47.7 cm³/mol. The summed E-state index contributed by atoms with van der Waals surface area (Å²) in [5.74, 6) is 1.34. The standard InChI is InChI=1S/C6H11NOS.CH4O/c1-7-6(8)5-3-2-4-9-5;1-2/h5H,2-4H2,1H3,(H,7,8);2H,1H3. The third kappa shape index (κ3) is 3.62. The van der Waals surface area contributed by atoms with Gasteiger partial charge in [0.15, 0.2) is 0 Å². The first kappa shape index (κ1) is 10.8. The average molecular weight is 177 g/mol. The van der Waals surface area contributed by atoms with Crippen molar-refractivity contribution in [1.29, 1.82) is 0 Å². The predicted octanol–water partition coefficient (Wildman–Crippen LogP) is 0.236. The van der Waals surface area contributed by atoms with Crippen LogP contribution in [0.25, 0.3) is 0 Å². The lowest BCUT2D eigenvalue weighted by atomic mass is 10.2. The molecular weight excluding hydrogens is 162 g/mol. The SMILES string of the molecule is CNC(=O)C1CCCS1.CO. The Morgan fingerprint density at radius 3 is 2.64 bits per heavy atom. The van der Waals surface area contributed by atoms with Gasteiger partial charge >= 0.3 is 0 Å². The van der Waals surface area contributed by atoms with Gasteiger partial charge in [0.25, 0.3) is 0 Å². The molecule has 3 nitrogen and oxygen atoms in total. The van der Waals surface area contributed by atoms with Crippen molar-refractivity contribution in [1.82, 2.24) is 5.32 Å². The molecule has 0 spiro atoms. The van der Waals surface area contributed by atoms with Crippen molar-refractivity contribution in [3.63, 3.8) is 0 Å². The molecule has 1 heterocycles. The van der Waals surface area contributed by atoms with Gasteiger partial charge in [-0.1, -0.05) is 0 Å². The van der Waals surface area contributed by atoms with Gasteiger partial charge in [0.05, 0.1) is 5.25 Å². The maximum Gasteiger partial charge on any atom is 0.232 e. The number of aliphatic hydroxyl groups excluding tert-OH is 1. The minimum Gasteiger partial charge on any atom is -0.400 e. The Hall–Kier alpha value is -0.220. The van der Waals surface area contributed by atoms with E-state index < -0.39 is 0 Å². The maximum atomic E-state index is 10.9. The molecule has 0 saturated carbocycles. The number of hydrogen-bond acceptors (Lipinski definition) is 3. The van der Waals surface area contributed by atoms with E-state index >= 15 is 0 Å². The van der Waals surface area contributed by atoms with Crippen LogP contribution in [0.15, 0.2) is 0 Å². The number of amides is 1. The van der Waals surface area contributed by atoms with E-state index in [1.54, 1.807) is 18.8 Å². The van der Waals surface area contributed by atoms with Gasteiger partial charge < -0.3 is 10.4 Å². The Kier molecular flexibility index (Phi) is 6.36. The van der Waals surface area contributed by atoms with E-state index in [-0.39, 0.29) is 11.2 Å². The van der Waals surface area contributed by atoms with Crippen molar-refractivity contribution in [2.75, 3.05) is 19.9 Å². The topological polar surface area (TPSA) is 49.3 Å². The fraction of sp³-hybridized carbons (Fsp3) is 0.857. The normalized spacial score (nSPS) is 21.9. The van der Waals surface area contributed by atoms with Crippen LogP contribution in [0.3, 0.4) is 0 Å². The lowest BCUT2D eigenvalue weighted by Gasteiger charge is -2.03. The summed E-state index contributed by atoms with van der Waals surface area (Å²) in [4.78, 5) is 10.9. The second-order valence-corrected chi connectivity index (χ2v) is 3.43. The third-order valence-corrected chi connectivity index (χ3v) is 2.85. The molecule has 0 bridgehead atoms. The van der Waals surface area contributed by atoms with E-state index in [1.807, 2.05) is 0 Å². The van der Waals surface area contributed by atoms with Crippen LogP contribution in [0.2, 0.25) is 0 Å². The van der Waals surface area contributed by atoms with Crippen LogP contribution in [0.5, 0.6) is 0 Å². The minimum atomic E-state index is 0.192. The second-order valence-electron chi connectivity index (χ2n) is 2.12. The molecule has 0 radical (unpaired) electrons. The van der Waals surface area contributed by atoms with Gasteiger partial charge in [0.2, 0.25) is 5.91 Å². The highest BCUT2D eigenvalue weighted by Gasteiger charge is 2.21. The van der Waals surface area contributed by atoms with Gasteiger partial charge in [-0.05, 0) is 18.6 Å². The van der Waals surface area contributed by atoms with Crippen LogP contribution < -0.4 is 5.32 Å². The van der Waals surface area contributed by atoms with Crippen molar-refractivity contribution < 1.29 is 9.90 Å². The molecule has 4 heteroatoms. The molecule has 2 N–H and O–H groups in total. The number of nitrogens with one attached hydrogen (secondary N) is 1. The largest absolute Gasteiger partial charge is 0.400 e. The zero-order valence-corrected chi connectivity index (χ0v) is 7.78. The molecule has 1 aliphatic rings. The van der Waals surface area contributed by atoms with E-state index in [1.165, 1.54) is 6.42 Å². The second kappa shape index (κ2) is 6.49. The fourth-order valence-corrected chi connectivity index (χ4v) is 2.17. The Bertz CT molecular complexity index is 113. The molecule has 1 fully saturated rings. The van der Waals surface area contributed by atoms with Crippen LogP contribution in [0.1, 0.15) is 12.8 Å². The summed E-state index contributed by atoms with van der Waals surface area (Å²) in [5, 5.41) is 9.89. The first-order valence-corrected chi connectivity index (χ1v) is 4.67. The lowest BCUT2D eigenvalue weighted by molar-refractivity contribution is -0.120. The van der Waals surface area contributed by atoms with Gasteiger partial charge in [-0.15, -0.1) is 11.8 Å². The van der Waals surface area contributed by atoms with Gasteiger partial charge in [-0.25, -0.2) is 0 Å². The fourth-order valence-electron chi connectivity index (χ4n) is 0.945. The molecule has 0 aromatic heterocycles. The Morgan fingerprint density at radius 1 is 1.64 bits per heavy atom. The molecular formula is C7H15NO2S. The zero-order valence-electron chi connectivity index (χ0n) is 6.96. The average Bonchev–Trinajstić information content (AvgIpc) is 2.59. The molecule has 0 aromatic rings. The van der Waals surface area contributed by atoms with Crippen LogP contribution in [-0.4, -0.2) is 36.2 Å². The zero-order chi connectivity index (χ0) is 8.69. The highest BCUT2D eigenvalue weighted by molar-refractivity contribution is 8.00. The molecule has 0 aliphatic carbocycles. The monoisotopic (exact) mass is 177 g/mol. The highest BCUT2D eigenvalue weighted by Crippen LogP contribution is 2.25. The number of aliphatic hydroxyl groups is 1.